The molecule has 2 amide bonds. The Morgan fingerprint density at radius 3 is 2.76 bits per heavy atom. The molecule has 1 saturated heterocycles. The molecule has 4 heteroatoms. The molecule has 1 rings (SSSR count). The fourth-order valence-corrected chi connectivity index (χ4v) is 2.04. The highest BCUT2D eigenvalue weighted by Crippen LogP contribution is 2.17. The minimum absolute atomic E-state index is 0.0393. The van der Waals surface area contributed by atoms with Gasteiger partial charge in [0.25, 0.3) is 0 Å². The van der Waals surface area contributed by atoms with Crippen LogP contribution in [0.3, 0.4) is 0 Å². The van der Waals surface area contributed by atoms with Gasteiger partial charge in [0, 0.05) is 12.1 Å². The summed E-state index contributed by atoms with van der Waals surface area (Å²) < 4.78 is 0. The minimum Gasteiger partial charge on any atom is -0.338 e. The second kappa shape index (κ2) is 6.24. The molecule has 0 bridgehead atoms. The summed E-state index contributed by atoms with van der Waals surface area (Å²) in [5, 5.41) is 9.36. The van der Waals surface area contributed by atoms with Gasteiger partial charge in [0.15, 0.2) is 0 Å². The van der Waals surface area contributed by atoms with Crippen molar-refractivity contribution >= 4 is 6.03 Å². The van der Waals surface area contributed by atoms with Crippen molar-refractivity contribution in [3.05, 3.63) is 0 Å². The predicted octanol–water partition coefficient (Wildman–Crippen LogP) is 1.72. The normalized spacial score (nSPS) is 25.4. The fourth-order valence-electron chi connectivity index (χ4n) is 2.04. The highest BCUT2D eigenvalue weighted by atomic mass is 16.2. The number of amides is 2. The third-order valence-corrected chi connectivity index (χ3v) is 3.82. The van der Waals surface area contributed by atoms with Crippen molar-refractivity contribution in [3.8, 4) is 0 Å². The van der Waals surface area contributed by atoms with E-state index in [4.69, 9.17) is 0 Å². The molecule has 2 atom stereocenters. The summed E-state index contributed by atoms with van der Waals surface area (Å²) in [5.74, 6) is 1.25. The molecule has 3 N–H and O–H groups in total. The molecular formula is C13H27N3O. The topological polar surface area (TPSA) is 53.2 Å². The molecular weight excluding hydrogens is 214 g/mol. The van der Waals surface area contributed by atoms with Crippen molar-refractivity contribution in [2.24, 2.45) is 11.8 Å². The van der Waals surface area contributed by atoms with Gasteiger partial charge in [-0.2, -0.15) is 0 Å². The third kappa shape index (κ3) is 4.94. The van der Waals surface area contributed by atoms with Crippen LogP contribution in [0.1, 0.15) is 40.5 Å². The molecule has 0 aliphatic carbocycles. The molecule has 0 saturated carbocycles. The lowest BCUT2D eigenvalue weighted by molar-refractivity contribution is 0.218. The van der Waals surface area contributed by atoms with Gasteiger partial charge in [-0.15, -0.1) is 0 Å². The summed E-state index contributed by atoms with van der Waals surface area (Å²) in [6, 6.07) is -0.0393. The van der Waals surface area contributed by atoms with E-state index in [2.05, 4.69) is 29.8 Å². The van der Waals surface area contributed by atoms with Crippen LogP contribution in [0.2, 0.25) is 0 Å². The molecule has 1 aliphatic rings. The van der Waals surface area contributed by atoms with Crippen molar-refractivity contribution in [2.75, 3.05) is 19.6 Å². The second-order valence-electron chi connectivity index (χ2n) is 5.80. The van der Waals surface area contributed by atoms with E-state index < -0.39 is 0 Å². The lowest BCUT2D eigenvalue weighted by Gasteiger charge is -2.30. The minimum atomic E-state index is -0.121. The Kier molecular flexibility index (Phi) is 5.25. The second-order valence-corrected chi connectivity index (χ2v) is 5.80. The zero-order valence-corrected chi connectivity index (χ0v) is 11.6. The van der Waals surface area contributed by atoms with Crippen LogP contribution in [0.5, 0.6) is 0 Å². The van der Waals surface area contributed by atoms with Crippen LogP contribution in [0.25, 0.3) is 0 Å². The first-order chi connectivity index (χ1) is 7.94. The first-order valence-electron chi connectivity index (χ1n) is 6.71. The smallest absolute Gasteiger partial charge is 0.315 e. The van der Waals surface area contributed by atoms with Gasteiger partial charge in [-0.1, -0.05) is 13.8 Å². The number of carbonyl (C=O) groups is 1. The SMILES string of the molecule is CCC(C)(C)NC(=O)NCC1CCNCC1C. The summed E-state index contributed by atoms with van der Waals surface area (Å²) in [4.78, 5) is 11.7. The average Bonchev–Trinajstić information content (AvgIpc) is 2.27. The number of piperidine rings is 1. The van der Waals surface area contributed by atoms with Gasteiger partial charge in [-0.25, -0.2) is 4.79 Å². The Bertz CT molecular complexity index is 253. The van der Waals surface area contributed by atoms with Crippen LogP contribution in [-0.4, -0.2) is 31.2 Å². The number of nitrogens with one attached hydrogen (secondary N) is 3. The number of rotatable bonds is 4. The number of hydrogen-bond acceptors (Lipinski definition) is 2. The van der Waals surface area contributed by atoms with Crippen molar-refractivity contribution in [1.82, 2.24) is 16.0 Å². The highest BCUT2D eigenvalue weighted by Gasteiger charge is 2.22. The first kappa shape index (κ1) is 14.3. The van der Waals surface area contributed by atoms with E-state index >= 15 is 0 Å². The lowest BCUT2D eigenvalue weighted by Crippen LogP contribution is -2.50. The molecule has 2 unspecified atom stereocenters. The largest absolute Gasteiger partial charge is 0.338 e. The molecule has 17 heavy (non-hydrogen) atoms. The molecule has 1 heterocycles. The maximum Gasteiger partial charge on any atom is 0.315 e. The van der Waals surface area contributed by atoms with Crippen LogP contribution < -0.4 is 16.0 Å². The maximum absolute atomic E-state index is 11.7. The molecule has 100 valence electrons. The van der Waals surface area contributed by atoms with Crippen molar-refractivity contribution in [3.63, 3.8) is 0 Å². The van der Waals surface area contributed by atoms with Gasteiger partial charge < -0.3 is 16.0 Å². The van der Waals surface area contributed by atoms with Gasteiger partial charge in [0.1, 0.15) is 0 Å². The average molecular weight is 241 g/mol. The Morgan fingerprint density at radius 1 is 1.47 bits per heavy atom. The molecule has 0 radical (unpaired) electrons. The Hall–Kier alpha value is -0.770. The van der Waals surface area contributed by atoms with Crippen molar-refractivity contribution in [2.45, 2.75) is 46.1 Å². The zero-order valence-electron chi connectivity index (χ0n) is 11.6. The Morgan fingerprint density at radius 2 is 2.18 bits per heavy atom. The van der Waals surface area contributed by atoms with Crippen molar-refractivity contribution < 1.29 is 4.79 Å². The molecule has 1 fully saturated rings. The van der Waals surface area contributed by atoms with E-state index in [9.17, 15) is 4.79 Å². The van der Waals surface area contributed by atoms with E-state index in [0.29, 0.717) is 11.8 Å². The summed E-state index contributed by atoms with van der Waals surface area (Å²) in [6.07, 6.45) is 2.09. The quantitative estimate of drug-likeness (QED) is 0.702. The monoisotopic (exact) mass is 241 g/mol. The van der Waals surface area contributed by atoms with E-state index in [1.165, 1.54) is 0 Å². The number of hydrogen-bond donors (Lipinski definition) is 3. The van der Waals surface area contributed by atoms with Gasteiger partial charge in [-0.3, -0.25) is 0 Å². The summed E-state index contributed by atoms with van der Waals surface area (Å²) in [5.41, 5.74) is -0.121. The highest BCUT2D eigenvalue weighted by molar-refractivity contribution is 5.74. The van der Waals surface area contributed by atoms with Gasteiger partial charge in [-0.05, 0) is 51.6 Å². The van der Waals surface area contributed by atoms with E-state index in [1.807, 2.05) is 13.8 Å². The zero-order chi connectivity index (χ0) is 12.9. The van der Waals surface area contributed by atoms with Crippen LogP contribution in [-0.2, 0) is 0 Å². The molecule has 4 nitrogen and oxygen atoms in total. The lowest BCUT2D eigenvalue weighted by atomic mass is 9.88. The van der Waals surface area contributed by atoms with Gasteiger partial charge in [0.05, 0.1) is 0 Å². The summed E-state index contributed by atoms with van der Waals surface area (Å²) in [6.45, 7) is 11.3. The summed E-state index contributed by atoms with van der Waals surface area (Å²) in [7, 11) is 0. The molecule has 0 aromatic heterocycles. The third-order valence-electron chi connectivity index (χ3n) is 3.82. The molecule has 0 spiro atoms. The van der Waals surface area contributed by atoms with Crippen LogP contribution in [0.15, 0.2) is 0 Å². The van der Waals surface area contributed by atoms with Crippen LogP contribution in [0.4, 0.5) is 4.79 Å². The van der Waals surface area contributed by atoms with Gasteiger partial charge >= 0.3 is 6.03 Å². The molecule has 1 aliphatic heterocycles. The maximum atomic E-state index is 11.7. The van der Waals surface area contributed by atoms with Gasteiger partial charge in [0.2, 0.25) is 0 Å². The van der Waals surface area contributed by atoms with E-state index in [-0.39, 0.29) is 11.6 Å². The Labute approximate surface area is 105 Å². The van der Waals surface area contributed by atoms with Crippen LogP contribution >= 0.6 is 0 Å². The molecule has 0 aromatic carbocycles. The number of urea groups is 1. The van der Waals surface area contributed by atoms with E-state index in [1.54, 1.807) is 0 Å². The van der Waals surface area contributed by atoms with Crippen molar-refractivity contribution in [1.29, 1.82) is 0 Å². The standard InChI is InChI=1S/C13H27N3O/c1-5-13(3,4)16-12(17)15-9-11-6-7-14-8-10(11)2/h10-11,14H,5-9H2,1-4H3,(H2,15,16,17). The van der Waals surface area contributed by atoms with Crippen LogP contribution in [0, 0.1) is 11.8 Å². The summed E-state index contributed by atoms with van der Waals surface area (Å²) >= 11 is 0. The van der Waals surface area contributed by atoms with E-state index in [0.717, 1.165) is 32.5 Å². The molecule has 0 aromatic rings. The first-order valence-corrected chi connectivity index (χ1v) is 6.71. The fraction of sp³-hybridized carbons (Fsp3) is 0.923. The predicted molar refractivity (Wildman–Crippen MR) is 71.0 cm³/mol. The number of carbonyl (C=O) groups excluding carboxylic acids is 1. The Balaban J connectivity index is 2.27.